The molecular weight excluding hydrogens is 272 g/mol. The monoisotopic (exact) mass is 292 g/mol. The Kier molecular flexibility index (Phi) is 4.89. The average molecular weight is 292 g/mol. The zero-order valence-corrected chi connectivity index (χ0v) is 12.9. The number of carbonyl (C=O) groups is 1. The van der Waals surface area contributed by atoms with Crippen LogP contribution in [-0.4, -0.2) is 20.7 Å². The first-order valence-corrected chi connectivity index (χ1v) is 7.66. The van der Waals surface area contributed by atoms with Gasteiger partial charge in [0.2, 0.25) is 5.91 Å². The van der Waals surface area contributed by atoms with Crippen LogP contribution in [0, 0.1) is 6.92 Å². The van der Waals surface area contributed by atoms with Crippen LogP contribution < -0.4 is 5.32 Å². The summed E-state index contributed by atoms with van der Waals surface area (Å²) in [6, 6.07) is 1.97. The van der Waals surface area contributed by atoms with Gasteiger partial charge in [0.25, 0.3) is 0 Å². The quantitative estimate of drug-likeness (QED) is 0.889. The molecule has 1 amide bonds. The Bertz CT molecular complexity index is 575. The maximum absolute atomic E-state index is 12.1. The second-order valence-electron chi connectivity index (χ2n) is 4.77. The molecule has 2 heterocycles. The number of aryl methyl sites for hydroxylation is 3. The molecule has 2 aromatic rings. The summed E-state index contributed by atoms with van der Waals surface area (Å²) in [6.45, 7) is 4.04. The lowest BCUT2D eigenvalue weighted by Gasteiger charge is -2.17. The maximum atomic E-state index is 12.1. The molecule has 0 aliphatic rings. The first kappa shape index (κ1) is 14.7. The van der Waals surface area contributed by atoms with Crippen LogP contribution in [0.15, 0.2) is 17.8 Å². The van der Waals surface area contributed by atoms with Crippen LogP contribution in [0.2, 0.25) is 0 Å². The molecule has 1 N–H and O–H groups in total. The van der Waals surface area contributed by atoms with Crippen molar-refractivity contribution in [3.05, 3.63) is 34.0 Å². The molecule has 1 atom stereocenters. The van der Waals surface area contributed by atoms with Crippen LogP contribution in [0.5, 0.6) is 0 Å². The van der Waals surface area contributed by atoms with Crippen LogP contribution in [0.4, 0.5) is 0 Å². The van der Waals surface area contributed by atoms with Crippen molar-refractivity contribution in [3.8, 4) is 0 Å². The summed E-state index contributed by atoms with van der Waals surface area (Å²) in [5, 5.41) is 7.23. The van der Waals surface area contributed by atoms with Gasteiger partial charge in [0.15, 0.2) is 0 Å². The molecule has 20 heavy (non-hydrogen) atoms. The smallest absolute Gasteiger partial charge is 0.220 e. The minimum atomic E-state index is 0.0255. The zero-order chi connectivity index (χ0) is 14.5. The summed E-state index contributed by atoms with van der Waals surface area (Å²) in [4.78, 5) is 17.5. The number of thiazole rings is 1. The van der Waals surface area contributed by atoms with Crippen molar-refractivity contribution in [2.24, 2.45) is 7.05 Å². The molecule has 0 bridgehead atoms. The third-order valence-corrected chi connectivity index (χ3v) is 4.38. The second kappa shape index (κ2) is 6.65. The summed E-state index contributed by atoms with van der Waals surface area (Å²) < 4.78 is 1.81. The lowest BCUT2D eigenvalue weighted by atomic mass is 10.1. The van der Waals surface area contributed by atoms with Crippen molar-refractivity contribution in [2.45, 2.75) is 39.2 Å². The Labute approximate surface area is 123 Å². The third kappa shape index (κ3) is 3.45. The first-order chi connectivity index (χ1) is 9.61. The van der Waals surface area contributed by atoms with E-state index in [0.29, 0.717) is 6.42 Å². The molecule has 0 spiro atoms. The molecular formula is C14H20N4OS. The summed E-state index contributed by atoms with van der Waals surface area (Å²) in [7, 11) is 1.89. The highest BCUT2D eigenvalue weighted by Gasteiger charge is 2.16. The van der Waals surface area contributed by atoms with Crippen LogP contribution >= 0.6 is 11.3 Å². The Morgan fingerprint density at radius 1 is 1.55 bits per heavy atom. The Morgan fingerprint density at radius 3 is 2.90 bits per heavy atom. The number of nitrogens with zero attached hydrogens (tertiary/aromatic N) is 3. The number of aromatic nitrogens is 3. The summed E-state index contributed by atoms with van der Waals surface area (Å²) in [5.41, 5.74) is 3.89. The Morgan fingerprint density at radius 2 is 2.35 bits per heavy atom. The predicted octanol–water partition coefficient (Wildman–Crippen LogP) is 2.39. The lowest BCUT2D eigenvalue weighted by Crippen LogP contribution is -2.29. The minimum absolute atomic E-state index is 0.0255. The number of nitrogens with one attached hydrogen (secondary N) is 1. The molecule has 0 saturated carbocycles. The largest absolute Gasteiger partial charge is 0.348 e. The lowest BCUT2D eigenvalue weighted by molar-refractivity contribution is -0.121. The van der Waals surface area contributed by atoms with E-state index in [2.05, 4.69) is 22.3 Å². The first-order valence-electron chi connectivity index (χ1n) is 6.78. The highest BCUT2D eigenvalue weighted by atomic mass is 32.1. The molecule has 0 aliphatic carbocycles. The van der Waals surface area contributed by atoms with Gasteiger partial charge in [-0.3, -0.25) is 9.48 Å². The van der Waals surface area contributed by atoms with Gasteiger partial charge in [-0.25, -0.2) is 4.98 Å². The third-order valence-electron chi connectivity index (χ3n) is 3.38. The fourth-order valence-corrected chi connectivity index (χ4v) is 2.95. The van der Waals surface area contributed by atoms with E-state index in [0.717, 1.165) is 24.2 Å². The van der Waals surface area contributed by atoms with E-state index in [1.165, 1.54) is 4.88 Å². The van der Waals surface area contributed by atoms with Crippen LogP contribution in [0.25, 0.3) is 0 Å². The van der Waals surface area contributed by atoms with E-state index in [1.807, 2.05) is 30.2 Å². The van der Waals surface area contributed by atoms with Crippen molar-refractivity contribution in [1.82, 2.24) is 20.1 Å². The van der Waals surface area contributed by atoms with Gasteiger partial charge in [0.05, 0.1) is 22.9 Å². The van der Waals surface area contributed by atoms with Gasteiger partial charge in [-0.05, 0) is 25.8 Å². The average Bonchev–Trinajstić information content (AvgIpc) is 3.02. The molecule has 0 aromatic carbocycles. The van der Waals surface area contributed by atoms with Gasteiger partial charge < -0.3 is 5.32 Å². The topological polar surface area (TPSA) is 59.8 Å². The molecule has 0 fully saturated rings. The highest BCUT2D eigenvalue weighted by molar-refractivity contribution is 7.09. The van der Waals surface area contributed by atoms with Crippen LogP contribution in [0.3, 0.4) is 0 Å². The predicted molar refractivity (Wildman–Crippen MR) is 79.6 cm³/mol. The number of hydrogen-bond donors (Lipinski definition) is 1. The van der Waals surface area contributed by atoms with Gasteiger partial charge in [0, 0.05) is 24.5 Å². The number of amides is 1. The molecule has 0 saturated heterocycles. The van der Waals surface area contributed by atoms with E-state index in [-0.39, 0.29) is 11.9 Å². The van der Waals surface area contributed by atoms with Gasteiger partial charge in [-0.2, -0.15) is 5.10 Å². The van der Waals surface area contributed by atoms with Gasteiger partial charge in [0.1, 0.15) is 0 Å². The van der Waals surface area contributed by atoms with Crippen molar-refractivity contribution in [2.75, 3.05) is 0 Å². The summed E-state index contributed by atoms with van der Waals surface area (Å²) in [5.74, 6) is 0.0749. The molecule has 0 aliphatic heterocycles. The normalized spacial score (nSPS) is 12.3. The Balaban J connectivity index is 1.90. The van der Waals surface area contributed by atoms with Gasteiger partial charge in [-0.15, -0.1) is 11.3 Å². The molecule has 108 valence electrons. The molecule has 1 unspecified atom stereocenters. The van der Waals surface area contributed by atoms with Crippen molar-refractivity contribution in [1.29, 1.82) is 0 Å². The van der Waals surface area contributed by atoms with E-state index in [1.54, 1.807) is 17.5 Å². The van der Waals surface area contributed by atoms with Crippen LogP contribution in [-0.2, 0) is 18.3 Å². The summed E-state index contributed by atoms with van der Waals surface area (Å²) in [6.07, 6.45) is 3.86. The van der Waals surface area contributed by atoms with Crippen LogP contribution in [0.1, 0.15) is 42.1 Å². The van der Waals surface area contributed by atoms with E-state index in [9.17, 15) is 4.79 Å². The summed E-state index contributed by atoms with van der Waals surface area (Å²) >= 11 is 1.61. The SMILES string of the molecule is CCC(NC(=O)CCc1scnc1C)c1ccnn1C. The maximum Gasteiger partial charge on any atom is 0.220 e. The molecule has 0 radical (unpaired) electrons. The van der Waals surface area contributed by atoms with E-state index < -0.39 is 0 Å². The molecule has 2 rings (SSSR count). The molecule has 2 aromatic heterocycles. The molecule has 6 heteroatoms. The number of carbonyl (C=O) groups excluding carboxylic acids is 1. The number of rotatable bonds is 6. The Hall–Kier alpha value is -1.69. The standard InChI is InChI=1S/C14H20N4OS/c1-4-11(12-7-8-16-18(12)3)17-14(19)6-5-13-10(2)15-9-20-13/h7-9,11H,4-6H2,1-3H3,(H,17,19). The number of hydrogen-bond acceptors (Lipinski definition) is 4. The minimum Gasteiger partial charge on any atom is -0.348 e. The zero-order valence-electron chi connectivity index (χ0n) is 12.1. The second-order valence-corrected chi connectivity index (χ2v) is 5.71. The van der Waals surface area contributed by atoms with Crippen molar-refractivity contribution in [3.63, 3.8) is 0 Å². The fourth-order valence-electron chi connectivity index (χ4n) is 2.17. The van der Waals surface area contributed by atoms with Crippen molar-refractivity contribution >= 4 is 17.2 Å². The van der Waals surface area contributed by atoms with Crippen molar-refractivity contribution < 1.29 is 4.79 Å². The van der Waals surface area contributed by atoms with Gasteiger partial charge >= 0.3 is 0 Å². The highest BCUT2D eigenvalue weighted by Crippen LogP contribution is 2.17. The molecule has 5 nitrogen and oxygen atoms in total. The van der Waals surface area contributed by atoms with Gasteiger partial charge in [-0.1, -0.05) is 6.92 Å². The van der Waals surface area contributed by atoms with E-state index in [4.69, 9.17) is 0 Å². The van der Waals surface area contributed by atoms with E-state index >= 15 is 0 Å². The fraction of sp³-hybridized carbons (Fsp3) is 0.500.